The molecule has 0 saturated heterocycles. The van der Waals surface area contributed by atoms with Crippen molar-refractivity contribution in [3.63, 3.8) is 0 Å². The molecule has 1 aromatic heterocycles. The third kappa shape index (κ3) is 6.22. The summed E-state index contributed by atoms with van der Waals surface area (Å²) in [6.45, 7) is 14.3. The molecule has 0 saturated carbocycles. The van der Waals surface area contributed by atoms with Crippen LogP contribution in [0.4, 0.5) is 0 Å². The van der Waals surface area contributed by atoms with Crippen molar-refractivity contribution in [3.8, 4) is 0 Å². The monoisotopic (exact) mass is 378 g/mol. The predicted octanol–water partition coefficient (Wildman–Crippen LogP) is 3.38. The number of aromatic nitrogens is 1. The van der Waals surface area contributed by atoms with Gasteiger partial charge >= 0.3 is 5.97 Å². The van der Waals surface area contributed by atoms with Crippen LogP contribution < -0.4 is 10.9 Å². The minimum Gasteiger partial charge on any atom is -0.481 e. The van der Waals surface area contributed by atoms with Crippen molar-refractivity contribution < 1.29 is 14.7 Å². The molecule has 1 heterocycles. The van der Waals surface area contributed by atoms with Crippen LogP contribution in [-0.4, -0.2) is 27.6 Å². The van der Waals surface area contributed by atoms with Crippen molar-refractivity contribution in [1.82, 2.24) is 9.88 Å². The second kappa shape index (κ2) is 9.20. The van der Waals surface area contributed by atoms with E-state index in [0.29, 0.717) is 18.9 Å². The van der Waals surface area contributed by atoms with Crippen LogP contribution in [0.5, 0.6) is 0 Å². The Morgan fingerprint density at radius 2 is 1.85 bits per heavy atom. The number of nitrogens with zero attached hydrogens (tertiary/aromatic N) is 1. The van der Waals surface area contributed by atoms with Gasteiger partial charge in [-0.05, 0) is 42.7 Å². The fourth-order valence-corrected chi connectivity index (χ4v) is 3.08. The fraction of sp³-hybridized carbons (Fsp3) is 0.667. The lowest BCUT2D eigenvalue weighted by atomic mass is 9.84. The number of hydrogen-bond acceptors (Lipinski definition) is 3. The molecule has 6 nitrogen and oxygen atoms in total. The van der Waals surface area contributed by atoms with Crippen molar-refractivity contribution >= 4 is 11.9 Å². The molecule has 1 aromatic rings. The molecule has 1 amide bonds. The maximum Gasteiger partial charge on any atom is 0.305 e. The van der Waals surface area contributed by atoms with Crippen LogP contribution in [0, 0.1) is 18.3 Å². The minimum atomic E-state index is -0.984. The van der Waals surface area contributed by atoms with Gasteiger partial charge in [-0.15, -0.1) is 0 Å². The Morgan fingerprint density at radius 1 is 1.26 bits per heavy atom. The van der Waals surface area contributed by atoms with Gasteiger partial charge in [0.15, 0.2) is 0 Å². The highest BCUT2D eigenvalue weighted by molar-refractivity contribution is 5.94. The summed E-state index contributed by atoms with van der Waals surface area (Å²) >= 11 is 0. The van der Waals surface area contributed by atoms with E-state index < -0.39 is 23.3 Å². The quantitative estimate of drug-likeness (QED) is 0.726. The fourth-order valence-electron chi connectivity index (χ4n) is 3.08. The molecule has 0 spiro atoms. The molecular weight excluding hydrogens is 344 g/mol. The van der Waals surface area contributed by atoms with Crippen LogP contribution in [0.25, 0.3) is 0 Å². The number of nitrogens with one attached hydrogen (secondary N) is 1. The Kier molecular flexibility index (Phi) is 7.81. The number of carbonyl (C=O) groups is 2. The molecule has 0 aliphatic rings. The highest BCUT2D eigenvalue weighted by Gasteiger charge is 2.30. The van der Waals surface area contributed by atoms with Crippen molar-refractivity contribution in [2.24, 2.45) is 11.3 Å². The topological polar surface area (TPSA) is 88.4 Å². The number of rotatable bonds is 8. The molecule has 0 aromatic carbocycles. The van der Waals surface area contributed by atoms with Crippen LogP contribution in [-0.2, 0) is 17.8 Å². The number of aliphatic carboxylic acids is 1. The molecule has 0 bridgehead atoms. The summed E-state index contributed by atoms with van der Waals surface area (Å²) in [6, 6.07) is 1.06. The maximum atomic E-state index is 13.0. The highest BCUT2D eigenvalue weighted by Crippen LogP contribution is 2.22. The first-order valence-electron chi connectivity index (χ1n) is 9.64. The summed E-state index contributed by atoms with van der Waals surface area (Å²) in [5.41, 5.74) is 1.17. The molecule has 0 fully saturated rings. The largest absolute Gasteiger partial charge is 0.481 e. The van der Waals surface area contributed by atoms with Gasteiger partial charge in [0.2, 0.25) is 0 Å². The highest BCUT2D eigenvalue weighted by atomic mass is 16.4. The summed E-state index contributed by atoms with van der Waals surface area (Å²) in [7, 11) is 0. The number of pyridine rings is 1. The Bertz CT molecular complexity index is 742. The van der Waals surface area contributed by atoms with Crippen molar-refractivity contribution in [3.05, 3.63) is 33.2 Å². The molecule has 152 valence electrons. The molecule has 1 rings (SSSR count). The lowest BCUT2D eigenvalue weighted by Crippen LogP contribution is -2.47. The van der Waals surface area contributed by atoms with E-state index in [9.17, 15) is 14.4 Å². The van der Waals surface area contributed by atoms with Crippen LogP contribution in [0.2, 0.25) is 0 Å². The zero-order valence-corrected chi connectivity index (χ0v) is 17.7. The third-order valence-electron chi connectivity index (χ3n) is 4.86. The first kappa shape index (κ1) is 22.9. The lowest BCUT2D eigenvalue weighted by Gasteiger charge is -2.30. The van der Waals surface area contributed by atoms with Gasteiger partial charge in [0.1, 0.15) is 5.56 Å². The van der Waals surface area contributed by atoms with Gasteiger partial charge in [0.05, 0.1) is 6.42 Å². The van der Waals surface area contributed by atoms with E-state index in [1.54, 1.807) is 10.6 Å². The van der Waals surface area contributed by atoms with Crippen molar-refractivity contribution in [2.75, 3.05) is 0 Å². The van der Waals surface area contributed by atoms with Gasteiger partial charge in [0.25, 0.3) is 11.5 Å². The molecule has 0 aliphatic heterocycles. The molecule has 27 heavy (non-hydrogen) atoms. The first-order chi connectivity index (χ1) is 12.4. The van der Waals surface area contributed by atoms with Gasteiger partial charge in [-0.1, -0.05) is 41.5 Å². The first-order valence-corrected chi connectivity index (χ1v) is 9.64. The van der Waals surface area contributed by atoms with Crippen LogP contribution in [0.1, 0.15) is 76.0 Å². The Hall–Kier alpha value is -2.11. The van der Waals surface area contributed by atoms with Gasteiger partial charge in [-0.3, -0.25) is 14.4 Å². The van der Waals surface area contributed by atoms with E-state index in [2.05, 4.69) is 19.2 Å². The Balaban J connectivity index is 3.30. The SMILES string of the molecule is CCc1c(C)cc(C(=O)NC(CC(=O)O)C(C)(C)C)c(=O)n1CCC(C)C. The summed E-state index contributed by atoms with van der Waals surface area (Å²) < 4.78 is 1.70. The predicted molar refractivity (Wildman–Crippen MR) is 107 cm³/mol. The Morgan fingerprint density at radius 3 is 2.30 bits per heavy atom. The molecular formula is C21H34N2O4. The summed E-state index contributed by atoms with van der Waals surface area (Å²) in [6.07, 6.45) is 1.37. The lowest BCUT2D eigenvalue weighted by molar-refractivity contribution is -0.138. The van der Waals surface area contributed by atoms with Gasteiger partial charge in [-0.25, -0.2) is 0 Å². The summed E-state index contributed by atoms with van der Waals surface area (Å²) in [4.78, 5) is 37.0. The van der Waals surface area contributed by atoms with Crippen LogP contribution in [0.15, 0.2) is 10.9 Å². The van der Waals surface area contributed by atoms with Crippen molar-refractivity contribution in [1.29, 1.82) is 0 Å². The standard InChI is InChI=1S/C21H34N2O4/c1-8-16-14(4)11-15(20(27)23(16)10-9-13(2)3)19(26)22-17(12-18(24)25)21(5,6)7/h11,13,17H,8-10,12H2,1-7H3,(H,22,26)(H,24,25). The normalized spacial score (nSPS) is 12.9. The maximum absolute atomic E-state index is 13.0. The van der Waals surface area contributed by atoms with Crippen molar-refractivity contribution in [2.45, 2.75) is 80.3 Å². The zero-order chi connectivity index (χ0) is 20.9. The summed E-state index contributed by atoms with van der Waals surface area (Å²) in [5, 5.41) is 11.9. The van der Waals surface area contributed by atoms with E-state index in [-0.39, 0.29) is 17.5 Å². The zero-order valence-electron chi connectivity index (χ0n) is 17.7. The van der Waals surface area contributed by atoms with E-state index in [4.69, 9.17) is 5.11 Å². The van der Waals surface area contributed by atoms with E-state index in [1.807, 2.05) is 34.6 Å². The average Bonchev–Trinajstić information content (AvgIpc) is 2.52. The number of hydrogen-bond donors (Lipinski definition) is 2. The number of carboxylic acid groups (broad SMARTS) is 1. The van der Waals surface area contributed by atoms with Gasteiger partial charge in [-0.2, -0.15) is 0 Å². The third-order valence-corrected chi connectivity index (χ3v) is 4.86. The smallest absolute Gasteiger partial charge is 0.305 e. The second-order valence-corrected chi connectivity index (χ2v) is 8.67. The number of carbonyl (C=O) groups excluding carboxylic acids is 1. The van der Waals surface area contributed by atoms with E-state index in [1.165, 1.54) is 0 Å². The number of amides is 1. The van der Waals surface area contributed by atoms with E-state index >= 15 is 0 Å². The molecule has 2 N–H and O–H groups in total. The van der Waals surface area contributed by atoms with E-state index in [0.717, 1.165) is 17.7 Å². The number of aryl methyl sites for hydroxylation is 1. The molecule has 1 unspecified atom stereocenters. The van der Waals surface area contributed by atoms with Crippen LogP contribution >= 0.6 is 0 Å². The van der Waals surface area contributed by atoms with Crippen LogP contribution in [0.3, 0.4) is 0 Å². The average molecular weight is 379 g/mol. The van der Waals surface area contributed by atoms with Gasteiger partial charge in [0, 0.05) is 18.3 Å². The second-order valence-electron chi connectivity index (χ2n) is 8.67. The molecule has 1 atom stereocenters. The Labute approximate surface area is 162 Å². The van der Waals surface area contributed by atoms with Gasteiger partial charge < -0.3 is 15.0 Å². The minimum absolute atomic E-state index is 0.0769. The molecule has 0 radical (unpaired) electrons. The summed E-state index contributed by atoms with van der Waals surface area (Å²) in [5.74, 6) is -1.05. The molecule has 0 aliphatic carbocycles. The molecule has 6 heteroatoms. The number of carboxylic acids is 1.